The number of rotatable bonds is 5. The Labute approximate surface area is 129 Å². The minimum absolute atomic E-state index is 0.280. The van der Waals surface area contributed by atoms with Gasteiger partial charge in [-0.2, -0.15) is 9.36 Å². The lowest BCUT2D eigenvalue weighted by Gasteiger charge is -2.07. The van der Waals surface area contributed by atoms with Gasteiger partial charge in [0, 0.05) is 18.5 Å². The molecule has 0 aliphatic rings. The van der Waals surface area contributed by atoms with E-state index in [1.54, 1.807) is 0 Å². The van der Waals surface area contributed by atoms with Gasteiger partial charge in [0.05, 0.1) is 22.8 Å². The second-order valence-electron chi connectivity index (χ2n) is 3.88. The van der Waals surface area contributed by atoms with Gasteiger partial charge < -0.3 is 4.74 Å². The molecular formula is C11H11Cl3N4O2. The number of halogens is 3. The summed E-state index contributed by atoms with van der Waals surface area (Å²) in [5, 5.41) is 8.20. The quantitative estimate of drug-likeness (QED) is 0.786. The van der Waals surface area contributed by atoms with Crippen LogP contribution in [0.15, 0.2) is 16.9 Å². The Hall–Kier alpha value is -1.24. The molecule has 20 heavy (non-hydrogen) atoms. The Morgan fingerprint density at radius 2 is 2.00 bits per heavy atom. The third-order valence-corrected chi connectivity index (χ3v) is 3.46. The highest BCUT2D eigenvalue weighted by Gasteiger charge is 2.15. The van der Waals surface area contributed by atoms with Crippen molar-refractivity contribution >= 4 is 34.8 Å². The molecule has 0 atom stereocenters. The summed E-state index contributed by atoms with van der Waals surface area (Å²) in [5.41, 5.74) is -0.0450. The predicted molar refractivity (Wildman–Crippen MR) is 77.5 cm³/mol. The van der Waals surface area contributed by atoms with E-state index in [-0.39, 0.29) is 5.02 Å². The first-order valence-electron chi connectivity index (χ1n) is 5.70. The molecule has 1 aromatic carbocycles. The topological polar surface area (TPSA) is 61.9 Å². The molecule has 0 N–H and O–H groups in total. The average Bonchev–Trinajstić information content (AvgIpc) is 2.78. The lowest BCUT2D eigenvalue weighted by Crippen LogP contribution is -2.24. The highest BCUT2D eigenvalue weighted by molar-refractivity contribution is 6.36. The summed E-state index contributed by atoms with van der Waals surface area (Å²) in [4.78, 5) is 12.1. The normalized spacial score (nSPS) is 10.8. The van der Waals surface area contributed by atoms with E-state index in [2.05, 4.69) is 10.4 Å². The van der Waals surface area contributed by atoms with Crippen LogP contribution in [0.5, 0.6) is 5.75 Å². The van der Waals surface area contributed by atoms with Crippen molar-refractivity contribution in [2.24, 2.45) is 0 Å². The predicted octanol–water partition coefficient (Wildman–Crippen LogP) is 2.37. The van der Waals surface area contributed by atoms with Crippen LogP contribution in [0, 0.1) is 0 Å². The summed E-state index contributed by atoms with van der Waals surface area (Å²) in [6, 6.07) is 3.02. The Kier molecular flexibility index (Phi) is 4.91. The van der Waals surface area contributed by atoms with Crippen molar-refractivity contribution in [2.75, 3.05) is 13.0 Å². The minimum Gasteiger partial charge on any atom is -0.495 e. The average molecular weight is 338 g/mol. The van der Waals surface area contributed by atoms with Gasteiger partial charge >= 0.3 is 5.69 Å². The Morgan fingerprint density at radius 3 is 2.65 bits per heavy atom. The van der Waals surface area contributed by atoms with Crippen molar-refractivity contribution in [2.45, 2.75) is 13.0 Å². The van der Waals surface area contributed by atoms with E-state index in [1.165, 1.54) is 23.9 Å². The van der Waals surface area contributed by atoms with E-state index in [1.807, 2.05) is 0 Å². The Morgan fingerprint density at radius 1 is 1.25 bits per heavy atom. The summed E-state index contributed by atoms with van der Waals surface area (Å²) in [6.45, 7) is 0.394. The second-order valence-corrected chi connectivity index (χ2v) is 5.07. The van der Waals surface area contributed by atoms with Crippen LogP contribution in [0.1, 0.15) is 6.42 Å². The maximum atomic E-state index is 12.1. The minimum atomic E-state index is -0.401. The summed E-state index contributed by atoms with van der Waals surface area (Å²) in [7, 11) is 1.47. The molecule has 1 heterocycles. The fourth-order valence-corrected chi connectivity index (χ4v) is 2.27. The first-order chi connectivity index (χ1) is 9.58. The molecule has 0 aliphatic carbocycles. The summed E-state index contributed by atoms with van der Waals surface area (Å²) in [6.07, 6.45) is 0.623. The number of hydrogen-bond acceptors (Lipinski definition) is 4. The smallest absolute Gasteiger partial charge is 0.368 e. The zero-order valence-electron chi connectivity index (χ0n) is 10.5. The molecule has 0 saturated heterocycles. The summed E-state index contributed by atoms with van der Waals surface area (Å²) >= 11 is 17.6. The molecule has 0 aliphatic heterocycles. The van der Waals surface area contributed by atoms with E-state index in [0.717, 1.165) is 4.68 Å². The molecular weight excluding hydrogens is 327 g/mol. The lowest BCUT2D eigenvalue weighted by molar-refractivity contribution is 0.414. The molecule has 0 amide bonds. The number of benzene rings is 1. The van der Waals surface area contributed by atoms with Crippen LogP contribution in [0.25, 0.3) is 5.69 Å². The maximum absolute atomic E-state index is 12.1. The molecule has 2 rings (SSSR count). The van der Waals surface area contributed by atoms with Crippen LogP contribution in [0.2, 0.25) is 10.0 Å². The number of aryl methyl sites for hydroxylation is 1. The SMILES string of the molecule is COc1cc(-n2nnn(CCCCl)c2=O)c(Cl)cc1Cl. The largest absolute Gasteiger partial charge is 0.495 e. The standard InChI is InChI=1S/C11H11Cl3N4O2/c1-20-10-6-9(7(13)5-8(10)14)18-11(19)17(15-16-18)4-2-3-12/h5-6H,2-4H2,1H3. The van der Waals surface area contributed by atoms with Crippen LogP contribution in [-0.2, 0) is 6.54 Å². The monoisotopic (exact) mass is 336 g/mol. The fourth-order valence-electron chi connectivity index (χ4n) is 1.61. The third-order valence-electron chi connectivity index (χ3n) is 2.59. The van der Waals surface area contributed by atoms with Crippen LogP contribution < -0.4 is 10.4 Å². The molecule has 0 bridgehead atoms. The van der Waals surface area contributed by atoms with Gasteiger partial charge in [-0.1, -0.05) is 23.2 Å². The molecule has 0 saturated carbocycles. The van der Waals surface area contributed by atoms with Crippen molar-refractivity contribution in [3.63, 3.8) is 0 Å². The van der Waals surface area contributed by atoms with E-state index in [9.17, 15) is 4.79 Å². The van der Waals surface area contributed by atoms with Gasteiger partial charge in [-0.05, 0) is 22.9 Å². The zero-order chi connectivity index (χ0) is 14.7. The Balaban J connectivity index is 2.47. The Bertz CT molecular complexity index is 668. The first-order valence-corrected chi connectivity index (χ1v) is 6.99. The molecule has 2 aromatic rings. The van der Waals surface area contributed by atoms with Crippen molar-refractivity contribution < 1.29 is 4.74 Å². The van der Waals surface area contributed by atoms with Crippen LogP contribution in [0.3, 0.4) is 0 Å². The number of methoxy groups -OCH3 is 1. The molecule has 108 valence electrons. The number of hydrogen-bond donors (Lipinski definition) is 0. The number of nitrogens with zero attached hydrogens (tertiary/aromatic N) is 4. The van der Waals surface area contributed by atoms with Crippen LogP contribution in [0.4, 0.5) is 0 Å². The fraction of sp³-hybridized carbons (Fsp3) is 0.364. The molecule has 6 nitrogen and oxygen atoms in total. The van der Waals surface area contributed by atoms with Crippen molar-refractivity contribution in [1.29, 1.82) is 0 Å². The van der Waals surface area contributed by atoms with Gasteiger partial charge in [0.25, 0.3) is 0 Å². The maximum Gasteiger partial charge on any atom is 0.368 e. The van der Waals surface area contributed by atoms with Crippen LogP contribution >= 0.6 is 34.8 Å². The molecule has 9 heteroatoms. The van der Waals surface area contributed by atoms with Crippen molar-refractivity contribution in [1.82, 2.24) is 19.8 Å². The number of alkyl halides is 1. The van der Waals surface area contributed by atoms with E-state index >= 15 is 0 Å². The number of aromatic nitrogens is 4. The molecule has 0 fully saturated rings. The molecule has 0 radical (unpaired) electrons. The van der Waals surface area contributed by atoms with Crippen LogP contribution in [-0.4, -0.2) is 32.8 Å². The highest BCUT2D eigenvalue weighted by atomic mass is 35.5. The lowest BCUT2D eigenvalue weighted by atomic mass is 10.3. The van der Waals surface area contributed by atoms with Gasteiger partial charge in [0.15, 0.2) is 0 Å². The van der Waals surface area contributed by atoms with E-state index in [0.29, 0.717) is 35.3 Å². The molecule has 0 unspecified atom stereocenters. The summed E-state index contributed by atoms with van der Waals surface area (Å²) in [5.74, 6) is 0.836. The number of tetrazole rings is 1. The zero-order valence-corrected chi connectivity index (χ0v) is 12.8. The van der Waals surface area contributed by atoms with Gasteiger partial charge in [-0.25, -0.2) is 4.79 Å². The van der Waals surface area contributed by atoms with Gasteiger partial charge in [-0.15, -0.1) is 11.6 Å². The van der Waals surface area contributed by atoms with E-state index in [4.69, 9.17) is 39.5 Å². The molecule has 1 aromatic heterocycles. The third kappa shape index (κ3) is 2.92. The van der Waals surface area contributed by atoms with E-state index < -0.39 is 5.69 Å². The number of ether oxygens (including phenoxy) is 1. The van der Waals surface area contributed by atoms with Gasteiger partial charge in [-0.3, -0.25) is 0 Å². The van der Waals surface area contributed by atoms with Crippen molar-refractivity contribution in [3.8, 4) is 11.4 Å². The van der Waals surface area contributed by atoms with Crippen molar-refractivity contribution in [3.05, 3.63) is 32.7 Å². The van der Waals surface area contributed by atoms with Gasteiger partial charge in [0.1, 0.15) is 5.75 Å². The summed E-state index contributed by atoms with van der Waals surface area (Å²) < 4.78 is 7.41. The first kappa shape index (κ1) is 15.2. The van der Waals surface area contributed by atoms with Gasteiger partial charge in [0.2, 0.25) is 0 Å². The highest BCUT2D eigenvalue weighted by Crippen LogP contribution is 2.32. The molecule has 0 spiro atoms. The second kappa shape index (κ2) is 6.47.